The molecule has 7 nitrogen and oxygen atoms in total. The van der Waals surface area contributed by atoms with Gasteiger partial charge in [-0.2, -0.15) is 10.2 Å². The Morgan fingerprint density at radius 2 is 2.04 bits per heavy atom. The monoisotopic (exact) mass is 330 g/mol. The number of rotatable bonds is 5. The summed E-state index contributed by atoms with van der Waals surface area (Å²) in [4.78, 5) is 23.5. The fourth-order valence-corrected chi connectivity index (χ4v) is 3.04. The summed E-state index contributed by atoms with van der Waals surface area (Å²) < 4.78 is 2.91. The van der Waals surface area contributed by atoms with E-state index in [2.05, 4.69) is 10.2 Å². The SMILES string of the molecule is Cn1nc(SCC(=O)O)c2c(=O)n(Cc3ccccc3)ncc21. The van der Waals surface area contributed by atoms with Crippen molar-refractivity contribution in [1.82, 2.24) is 19.6 Å². The van der Waals surface area contributed by atoms with E-state index < -0.39 is 5.97 Å². The summed E-state index contributed by atoms with van der Waals surface area (Å²) in [5.74, 6) is -1.10. The van der Waals surface area contributed by atoms with Crippen molar-refractivity contribution >= 4 is 28.6 Å². The largest absolute Gasteiger partial charge is 0.481 e. The molecule has 3 rings (SSSR count). The van der Waals surface area contributed by atoms with E-state index >= 15 is 0 Å². The van der Waals surface area contributed by atoms with Gasteiger partial charge in [-0.3, -0.25) is 14.3 Å². The Labute approximate surface area is 135 Å². The zero-order chi connectivity index (χ0) is 16.4. The molecule has 23 heavy (non-hydrogen) atoms. The molecule has 0 saturated heterocycles. The third-order valence-electron chi connectivity index (χ3n) is 3.33. The Kier molecular flexibility index (Phi) is 4.16. The molecular formula is C15H14N4O3S. The summed E-state index contributed by atoms with van der Waals surface area (Å²) in [6.07, 6.45) is 1.58. The van der Waals surface area contributed by atoms with Crippen molar-refractivity contribution in [3.05, 3.63) is 52.4 Å². The van der Waals surface area contributed by atoms with Gasteiger partial charge >= 0.3 is 5.97 Å². The molecule has 0 atom stereocenters. The van der Waals surface area contributed by atoms with Gasteiger partial charge in [-0.05, 0) is 5.56 Å². The fraction of sp³-hybridized carbons (Fsp3) is 0.200. The Bertz CT molecular complexity index is 918. The van der Waals surface area contributed by atoms with Crippen LogP contribution in [0.15, 0.2) is 46.3 Å². The Morgan fingerprint density at radius 3 is 2.74 bits per heavy atom. The second-order valence-corrected chi connectivity index (χ2v) is 5.93. The number of benzene rings is 1. The molecule has 3 aromatic rings. The third kappa shape index (κ3) is 3.11. The smallest absolute Gasteiger partial charge is 0.313 e. The molecule has 118 valence electrons. The van der Waals surface area contributed by atoms with Crippen LogP contribution in [0.3, 0.4) is 0 Å². The standard InChI is InChI=1S/C15H14N4O3S/c1-18-11-7-16-19(8-10-5-3-2-4-6-10)15(22)13(11)14(17-18)23-9-12(20)21/h2-7H,8-9H2,1H3,(H,20,21). The highest BCUT2D eigenvalue weighted by Crippen LogP contribution is 2.23. The number of carboxylic acids is 1. The molecule has 0 unspecified atom stereocenters. The zero-order valence-corrected chi connectivity index (χ0v) is 13.2. The first kappa shape index (κ1) is 15.3. The van der Waals surface area contributed by atoms with Crippen LogP contribution in [-0.4, -0.2) is 36.4 Å². The highest BCUT2D eigenvalue weighted by Gasteiger charge is 2.16. The van der Waals surface area contributed by atoms with Crippen molar-refractivity contribution in [3.8, 4) is 0 Å². The molecule has 8 heteroatoms. The average Bonchev–Trinajstić information content (AvgIpc) is 2.86. The molecule has 1 aromatic carbocycles. The van der Waals surface area contributed by atoms with E-state index in [1.807, 2.05) is 30.3 Å². The van der Waals surface area contributed by atoms with Crippen LogP contribution in [0, 0.1) is 0 Å². The lowest BCUT2D eigenvalue weighted by Crippen LogP contribution is -2.23. The van der Waals surface area contributed by atoms with Gasteiger partial charge in [0, 0.05) is 7.05 Å². The van der Waals surface area contributed by atoms with Crippen molar-refractivity contribution in [2.24, 2.45) is 7.05 Å². The topological polar surface area (TPSA) is 90.0 Å². The van der Waals surface area contributed by atoms with E-state index in [-0.39, 0.29) is 11.3 Å². The first-order chi connectivity index (χ1) is 11.1. The van der Waals surface area contributed by atoms with Gasteiger partial charge in [0.15, 0.2) is 0 Å². The highest BCUT2D eigenvalue weighted by atomic mass is 32.2. The van der Waals surface area contributed by atoms with Gasteiger partial charge in [0.1, 0.15) is 10.4 Å². The number of thioether (sulfide) groups is 1. The van der Waals surface area contributed by atoms with Gasteiger partial charge in [0.05, 0.1) is 24.0 Å². The van der Waals surface area contributed by atoms with E-state index in [0.717, 1.165) is 17.3 Å². The summed E-state index contributed by atoms with van der Waals surface area (Å²) in [6, 6.07) is 9.54. The second-order valence-electron chi connectivity index (χ2n) is 4.96. The maximum atomic E-state index is 12.7. The lowest BCUT2D eigenvalue weighted by molar-refractivity contribution is -0.133. The van der Waals surface area contributed by atoms with Gasteiger partial charge in [-0.25, -0.2) is 4.68 Å². The van der Waals surface area contributed by atoms with E-state index in [1.165, 1.54) is 4.68 Å². The summed E-state index contributed by atoms with van der Waals surface area (Å²) in [5.41, 5.74) is 1.28. The zero-order valence-electron chi connectivity index (χ0n) is 12.3. The Morgan fingerprint density at radius 1 is 1.30 bits per heavy atom. The quantitative estimate of drug-likeness (QED) is 0.710. The van der Waals surface area contributed by atoms with Gasteiger partial charge in [0.2, 0.25) is 0 Å². The summed E-state index contributed by atoms with van der Waals surface area (Å²) in [7, 11) is 1.70. The molecule has 0 saturated carbocycles. The summed E-state index contributed by atoms with van der Waals surface area (Å²) in [6.45, 7) is 0.355. The van der Waals surface area contributed by atoms with Gasteiger partial charge in [-0.1, -0.05) is 42.1 Å². The first-order valence-corrected chi connectivity index (χ1v) is 7.86. The molecule has 2 aromatic heterocycles. The maximum absolute atomic E-state index is 12.7. The molecule has 2 heterocycles. The Hall–Kier alpha value is -2.61. The lowest BCUT2D eigenvalue weighted by Gasteiger charge is -2.05. The van der Waals surface area contributed by atoms with Crippen LogP contribution in [0.2, 0.25) is 0 Å². The van der Waals surface area contributed by atoms with Crippen molar-refractivity contribution in [1.29, 1.82) is 0 Å². The minimum absolute atomic E-state index is 0.146. The fourth-order valence-electron chi connectivity index (χ4n) is 2.27. The van der Waals surface area contributed by atoms with E-state index in [0.29, 0.717) is 22.5 Å². The summed E-state index contributed by atoms with van der Waals surface area (Å²) >= 11 is 1.04. The summed E-state index contributed by atoms with van der Waals surface area (Å²) in [5, 5.41) is 18.1. The molecule has 0 radical (unpaired) electrons. The van der Waals surface area contributed by atoms with Crippen molar-refractivity contribution < 1.29 is 9.90 Å². The third-order valence-corrected chi connectivity index (χ3v) is 4.29. The number of carboxylic acid groups (broad SMARTS) is 1. The van der Waals surface area contributed by atoms with Crippen LogP contribution in [-0.2, 0) is 18.4 Å². The van der Waals surface area contributed by atoms with Crippen LogP contribution in [0.1, 0.15) is 5.56 Å². The number of nitrogens with zero attached hydrogens (tertiary/aromatic N) is 4. The van der Waals surface area contributed by atoms with Crippen LogP contribution in [0.5, 0.6) is 0 Å². The van der Waals surface area contributed by atoms with Crippen molar-refractivity contribution in [2.45, 2.75) is 11.6 Å². The highest BCUT2D eigenvalue weighted by molar-refractivity contribution is 8.00. The van der Waals surface area contributed by atoms with Crippen molar-refractivity contribution in [3.63, 3.8) is 0 Å². The minimum atomic E-state index is -0.951. The van der Waals surface area contributed by atoms with Gasteiger partial charge in [0.25, 0.3) is 5.56 Å². The normalized spacial score (nSPS) is 11.0. The number of aromatic nitrogens is 4. The number of hydrogen-bond donors (Lipinski definition) is 1. The van der Waals surface area contributed by atoms with E-state index in [4.69, 9.17) is 5.11 Å². The van der Waals surface area contributed by atoms with Crippen LogP contribution in [0.4, 0.5) is 0 Å². The first-order valence-electron chi connectivity index (χ1n) is 6.87. The van der Waals surface area contributed by atoms with Crippen LogP contribution >= 0.6 is 11.8 Å². The minimum Gasteiger partial charge on any atom is -0.481 e. The number of aryl methyl sites for hydroxylation is 1. The van der Waals surface area contributed by atoms with Crippen molar-refractivity contribution in [2.75, 3.05) is 5.75 Å². The molecule has 0 amide bonds. The van der Waals surface area contributed by atoms with Gasteiger partial charge in [-0.15, -0.1) is 0 Å². The average molecular weight is 330 g/mol. The lowest BCUT2D eigenvalue weighted by atomic mass is 10.2. The Balaban J connectivity index is 2.05. The van der Waals surface area contributed by atoms with E-state index in [9.17, 15) is 9.59 Å². The van der Waals surface area contributed by atoms with Crippen LogP contribution in [0.25, 0.3) is 10.9 Å². The number of carbonyl (C=O) groups is 1. The molecule has 0 aliphatic heterocycles. The van der Waals surface area contributed by atoms with Crippen LogP contribution < -0.4 is 5.56 Å². The second kappa shape index (κ2) is 6.25. The molecule has 0 spiro atoms. The number of hydrogen-bond acceptors (Lipinski definition) is 5. The number of fused-ring (bicyclic) bond motifs is 1. The predicted octanol–water partition coefficient (Wildman–Crippen LogP) is 1.35. The maximum Gasteiger partial charge on any atom is 0.313 e. The van der Waals surface area contributed by atoms with Gasteiger partial charge < -0.3 is 5.11 Å². The predicted molar refractivity (Wildman–Crippen MR) is 86.7 cm³/mol. The molecule has 0 aliphatic carbocycles. The molecule has 0 fully saturated rings. The molecule has 1 N–H and O–H groups in total. The molecular weight excluding hydrogens is 316 g/mol. The number of aliphatic carboxylic acids is 1. The van der Waals surface area contributed by atoms with E-state index in [1.54, 1.807) is 17.9 Å². The molecule has 0 aliphatic rings. The molecule has 0 bridgehead atoms.